The van der Waals surface area contributed by atoms with Gasteiger partial charge in [-0.1, -0.05) is 57.5 Å². The topological polar surface area (TPSA) is 234 Å². The SMILES string of the molecule is O=C(Nc1ccc(Cl)c(-c2ccccn2)c1)c1ccc(NCCCN2CCCC2=O)nc1.O=C(Nc1ccc(Cl)c(-c2ccccn2)c1)c1ccc(NCCCN2CCOCC2)nc1.O=C(Nc1ccc(Cl)c(-c2ccccn2)c1)c1ccc2snnc2c1. The minimum absolute atomic E-state index is 0.218. The molecule has 2 fully saturated rings. The van der Waals surface area contributed by atoms with Crippen LogP contribution in [0.2, 0.25) is 15.1 Å². The Morgan fingerprint density at radius 3 is 1.43 bits per heavy atom. The maximum absolute atomic E-state index is 12.7. The number of morpholine rings is 1. The second-order valence-electron chi connectivity index (χ2n) is 20.4. The molecule has 10 aromatic rings. The highest BCUT2D eigenvalue weighted by molar-refractivity contribution is 7.12. The van der Waals surface area contributed by atoms with Gasteiger partial charge in [0.25, 0.3) is 17.7 Å². The second kappa shape index (κ2) is 31.6. The molecule has 6 aromatic heterocycles. The summed E-state index contributed by atoms with van der Waals surface area (Å²) in [6.07, 6.45) is 11.7. The van der Waals surface area contributed by atoms with Crippen molar-refractivity contribution in [3.05, 3.63) is 214 Å². The van der Waals surface area contributed by atoms with Crippen molar-refractivity contribution < 1.29 is 23.9 Å². The molecular formula is C66H61Cl3N14O5S. The first-order chi connectivity index (χ1) is 43.5. The van der Waals surface area contributed by atoms with Crippen LogP contribution in [0, 0.1) is 0 Å². The Kier molecular flexibility index (Phi) is 22.3. The van der Waals surface area contributed by atoms with Crippen LogP contribution in [0.1, 0.15) is 56.8 Å². The molecule has 89 heavy (non-hydrogen) atoms. The third kappa shape index (κ3) is 17.9. The van der Waals surface area contributed by atoms with Gasteiger partial charge >= 0.3 is 0 Å². The van der Waals surface area contributed by atoms with E-state index in [1.807, 2.05) is 83.8 Å². The van der Waals surface area contributed by atoms with Gasteiger partial charge in [0.2, 0.25) is 5.91 Å². The van der Waals surface area contributed by atoms with Crippen LogP contribution in [0.25, 0.3) is 44.0 Å². The van der Waals surface area contributed by atoms with Crippen molar-refractivity contribution in [3.8, 4) is 33.8 Å². The van der Waals surface area contributed by atoms with E-state index in [0.29, 0.717) is 73.1 Å². The van der Waals surface area contributed by atoms with Gasteiger partial charge in [0.05, 0.1) is 61.2 Å². The molecule has 0 bridgehead atoms. The zero-order chi connectivity index (χ0) is 61.7. The highest BCUT2D eigenvalue weighted by Gasteiger charge is 2.20. The minimum atomic E-state index is -0.258. The molecule has 2 saturated heterocycles. The van der Waals surface area contributed by atoms with E-state index in [1.165, 1.54) is 17.7 Å². The minimum Gasteiger partial charge on any atom is -0.379 e. The Hall–Kier alpha value is -9.28. The largest absolute Gasteiger partial charge is 0.379 e. The summed E-state index contributed by atoms with van der Waals surface area (Å²) in [7, 11) is 0. The molecule has 19 nitrogen and oxygen atoms in total. The number of amides is 4. The molecule has 5 N–H and O–H groups in total. The number of fused-ring (bicyclic) bond motifs is 1. The Balaban J connectivity index is 0.000000148. The molecule has 0 saturated carbocycles. The molecule has 2 aliphatic rings. The fourth-order valence-electron chi connectivity index (χ4n) is 9.53. The maximum atomic E-state index is 12.7. The number of carbonyl (C=O) groups is 4. The number of anilines is 5. The van der Waals surface area contributed by atoms with Gasteiger partial charge in [-0.2, -0.15) is 0 Å². The number of hydrogen-bond donors (Lipinski definition) is 5. The van der Waals surface area contributed by atoms with E-state index in [-0.39, 0.29) is 23.6 Å². The van der Waals surface area contributed by atoms with Gasteiger partial charge in [0.1, 0.15) is 17.2 Å². The normalized spacial score (nSPS) is 12.9. The van der Waals surface area contributed by atoms with Crippen molar-refractivity contribution >= 4 is 109 Å². The number of ether oxygens (including phenoxy) is 1. The van der Waals surface area contributed by atoms with Gasteiger partial charge in [-0.3, -0.25) is 39.0 Å². The number of carbonyl (C=O) groups excluding carboxylic acids is 4. The van der Waals surface area contributed by atoms with Crippen molar-refractivity contribution in [2.45, 2.75) is 25.7 Å². The number of likely N-dealkylation sites (tertiary alicyclic amines) is 1. The third-order valence-electron chi connectivity index (χ3n) is 14.2. The summed E-state index contributed by atoms with van der Waals surface area (Å²) in [5.41, 5.74) is 8.59. The smallest absolute Gasteiger partial charge is 0.257 e. The number of aromatic nitrogens is 7. The Morgan fingerprint density at radius 1 is 0.517 bits per heavy atom. The van der Waals surface area contributed by atoms with Crippen LogP contribution in [-0.4, -0.2) is 127 Å². The molecule has 4 amide bonds. The predicted octanol–water partition coefficient (Wildman–Crippen LogP) is 13.3. The zero-order valence-corrected chi connectivity index (χ0v) is 51.2. The molecule has 8 heterocycles. The van der Waals surface area contributed by atoms with Gasteiger partial charge < -0.3 is 36.2 Å². The summed E-state index contributed by atoms with van der Waals surface area (Å²) in [5.74, 6) is 0.984. The summed E-state index contributed by atoms with van der Waals surface area (Å²) in [6, 6.07) is 45.2. The summed E-state index contributed by atoms with van der Waals surface area (Å²) in [4.78, 5) is 75.4. The predicted molar refractivity (Wildman–Crippen MR) is 353 cm³/mol. The first-order valence-electron chi connectivity index (χ1n) is 28.8. The number of hydrogen-bond acceptors (Lipinski definition) is 16. The summed E-state index contributed by atoms with van der Waals surface area (Å²) in [5, 5.41) is 20.9. The van der Waals surface area contributed by atoms with Crippen molar-refractivity contribution in [2.75, 3.05) is 85.6 Å². The number of nitrogens with one attached hydrogen (secondary N) is 5. The van der Waals surface area contributed by atoms with Gasteiger partial charge in [0, 0.05) is 116 Å². The van der Waals surface area contributed by atoms with Gasteiger partial charge in [-0.15, -0.1) is 5.10 Å². The summed E-state index contributed by atoms with van der Waals surface area (Å²) in [6.45, 7) is 7.83. The lowest BCUT2D eigenvalue weighted by Crippen LogP contribution is -2.37. The summed E-state index contributed by atoms with van der Waals surface area (Å²) >= 11 is 20.2. The van der Waals surface area contributed by atoms with Crippen molar-refractivity contribution in [3.63, 3.8) is 0 Å². The molecule has 2 aliphatic heterocycles. The molecule has 452 valence electrons. The fraction of sp³-hybridized carbons (Fsp3) is 0.197. The van der Waals surface area contributed by atoms with Crippen LogP contribution in [-0.2, 0) is 9.53 Å². The molecule has 0 radical (unpaired) electrons. The van der Waals surface area contributed by atoms with Crippen molar-refractivity contribution in [1.29, 1.82) is 0 Å². The van der Waals surface area contributed by atoms with E-state index >= 15 is 0 Å². The molecule has 0 spiro atoms. The van der Waals surface area contributed by atoms with Crippen molar-refractivity contribution in [1.82, 2.24) is 44.3 Å². The van der Waals surface area contributed by atoms with E-state index in [2.05, 4.69) is 66.0 Å². The van der Waals surface area contributed by atoms with Crippen LogP contribution in [0.5, 0.6) is 0 Å². The molecule has 0 atom stereocenters. The molecule has 23 heteroatoms. The highest BCUT2D eigenvalue weighted by Crippen LogP contribution is 2.32. The standard InChI is InChI=1S/C24H24ClN5O2.C24H26ClN5O2.C18H11ClN4OS/c25-20-9-8-18(15-19(20)21-5-1-2-11-26-21)29-24(32)17-7-10-22(28-16-17)27-12-4-14-30-13-3-6-23(30)31;25-21-7-6-19(16-20(21)22-4-1-2-9-26-22)29-24(31)18-5-8-23(28-17-18)27-10-3-11-30-12-14-32-15-13-30;19-14-6-5-12(10-13(14)15-3-1-2-8-20-15)21-18(24)11-4-7-17-16(9-11)22-23-25-17/h1-2,5,7-11,15-16H,3-4,6,12-14H2,(H,27,28)(H,29,32);1-2,4-9,16-17H,3,10-15H2,(H,27,28)(H,29,31);1-10H,(H,21,24). The van der Waals surface area contributed by atoms with E-state index in [9.17, 15) is 19.2 Å². The first kappa shape index (κ1) is 62.8. The third-order valence-corrected chi connectivity index (χ3v) is 15.9. The van der Waals surface area contributed by atoms with Gasteiger partial charge in [0.15, 0.2) is 0 Å². The van der Waals surface area contributed by atoms with Crippen LogP contribution in [0.4, 0.5) is 28.7 Å². The van der Waals surface area contributed by atoms with Crippen molar-refractivity contribution in [2.24, 2.45) is 0 Å². The first-order valence-corrected chi connectivity index (χ1v) is 30.7. The zero-order valence-electron chi connectivity index (χ0n) is 48.1. The van der Waals surface area contributed by atoms with Gasteiger partial charge in [-0.25, -0.2) is 9.97 Å². The lowest BCUT2D eigenvalue weighted by atomic mass is 10.1. The fourth-order valence-corrected chi connectivity index (χ4v) is 10.7. The van der Waals surface area contributed by atoms with Crippen LogP contribution < -0.4 is 26.6 Å². The molecule has 0 aliphatic carbocycles. The summed E-state index contributed by atoms with van der Waals surface area (Å²) < 4.78 is 10.2. The van der Waals surface area contributed by atoms with Crippen LogP contribution in [0.15, 0.2) is 183 Å². The average Bonchev–Trinajstić information content (AvgIpc) is 2.64. The van der Waals surface area contributed by atoms with E-state index in [4.69, 9.17) is 39.5 Å². The quantitative estimate of drug-likeness (QED) is 0.0474. The molecular weight excluding hydrogens is 1210 g/mol. The molecule has 4 aromatic carbocycles. The number of benzene rings is 4. The molecule has 12 rings (SSSR count). The van der Waals surface area contributed by atoms with E-state index in [0.717, 1.165) is 116 Å². The lowest BCUT2D eigenvalue weighted by Gasteiger charge is -2.26. The Morgan fingerprint density at radius 2 is 0.989 bits per heavy atom. The molecule has 0 unspecified atom stereocenters. The van der Waals surface area contributed by atoms with E-state index < -0.39 is 0 Å². The van der Waals surface area contributed by atoms with Crippen LogP contribution >= 0.6 is 46.3 Å². The average molecular weight is 1270 g/mol. The maximum Gasteiger partial charge on any atom is 0.257 e. The lowest BCUT2D eigenvalue weighted by molar-refractivity contribution is -0.127. The van der Waals surface area contributed by atoms with E-state index in [1.54, 1.807) is 97.6 Å². The van der Waals surface area contributed by atoms with Crippen LogP contribution in [0.3, 0.4) is 0 Å². The second-order valence-corrected chi connectivity index (χ2v) is 22.4. The van der Waals surface area contributed by atoms with Gasteiger partial charge in [-0.05, 0) is 171 Å². The Labute approximate surface area is 533 Å². The highest BCUT2D eigenvalue weighted by atomic mass is 35.5. The number of pyridine rings is 5. The number of rotatable bonds is 19. The number of nitrogens with zero attached hydrogens (tertiary/aromatic N) is 9. The Bertz CT molecular complexity index is 4000. The number of halogens is 3. The monoisotopic (exact) mass is 1270 g/mol.